The maximum absolute atomic E-state index is 12.1. The van der Waals surface area contributed by atoms with Gasteiger partial charge in [0.15, 0.2) is 0 Å². The molecule has 1 unspecified atom stereocenters. The molecule has 1 aliphatic heterocycles. The molecule has 0 saturated carbocycles. The summed E-state index contributed by atoms with van der Waals surface area (Å²) in [6.45, 7) is 6.93. The van der Waals surface area contributed by atoms with Gasteiger partial charge in [0.1, 0.15) is 5.54 Å². The van der Waals surface area contributed by atoms with Gasteiger partial charge in [-0.15, -0.1) is 0 Å². The van der Waals surface area contributed by atoms with Crippen LogP contribution in [0.5, 0.6) is 0 Å². The van der Waals surface area contributed by atoms with E-state index in [0.29, 0.717) is 12.0 Å². The van der Waals surface area contributed by atoms with Crippen LogP contribution in [0, 0.1) is 0 Å². The number of hydrogen-bond acceptors (Lipinski definition) is 3. The summed E-state index contributed by atoms with van der Waals surface area (Å²) in [5, 5.41) is 4.89. The number of allylic oxidation sites excluding steroid dienone is 3. The SMILES string of the molecule is C=C/C=C(\C=CC)C(=O)NC1(C)CCC(=O)NC1=O. The highest BCUT2D eigenvalue weighted by molar-refractivity contribution is 6.06. The lowest BCUT2D eigenvalue weighted by Crippen LogP contribution is -2.61. The van der Waals surface area contributed by atoms with E-state index in [1.54, 1.807) is 32.1 Å². The summed E-state index contributed by atoms with van der Waals surface area (Å²) >= 11 is 0. The van der Waals surface area contributed by atoms with Gasteiger partial charge in [-0.1, -0.05) is 30.9 Å². The number of hydrogen-bond donors (Lipinski definition) is 2. The molecule has 0 aromatic heterocycles. The molecule has 102 valence electrons. The van der Waals surface area contributed by atoms with Crippen LogP contribution in [0.25, 0.3) is 0 Å². The summed E-state index contributed by atoms with van der Waals surface area (Å²) in [6.07, 6.45) is 6.92. The van der Waals surface area contributed by atoms with E-state index < -0.39 is 11.4 Å². The van der Waals surface area contributed by atoms with Crippen molar-refractivity contribution in [3.8, 4) is 0 Å². The van der Waals surface area contributed by atoms with E-state index in [4.69, 9.17) is 0 Å². The molecule has 5 nitrogen and oxygen atoms in total. The Bertz CT molecular complexity index is 477. The largest absolute Gasteiger partial charge is 0.338 e. The van der Waals surface area contributed by atoms with Crippen molar-refractivity contribution in [3.05, 3.63) is 36.5 Å². The molecule has 1 atom stereocenters. The lowest BCUT2D eigenvalue weighted by molar-refractivity contribution is -0.140. The van der Waals surface area contributed by atoms with E-state index in [0.717, 1.165) is 0 Å². The number of amides is 3. The zero-order valence-electron chi connectivity index (χ0n) is 11.2. The van der Waals surface area contributed by atoms with Crippen molar-refractivity contribution in [1.82, 2.24) is 10.6 Å². The topological polar surface area (TPSA) is 75.3 Å². The summed E-state index contributed by atoms with van der Waals surface area (Å²) in [4.78, 5) is 35.0. The lowest BCUT2D eigenvalue weighted by Gasteiger charge is -2.32. The Hall–Kier alpha value is -2.17. The van der Waals surface area contributed by atoms with Gasteiger partial charge in [0.05, 0.1) is 0 Å². The molecule has 0 spiro atoms. The van der Waals surface area contributed by atoms with Gasteiger partial charge in [0.2, 0.25) is 5.91 Å². The average molecular weight is 262 g/mol. The molecule has 5 heteroatoms. The molecule has 3 amide bonds. The van der Waals surface area contributed by atoms with Gasteiger partial charge in [0, 0.05) is 12.0 Å². The number of imide groups is 1. The highest BCUT2D eigenvalue weighted by Crippen LogP contribution is 2.18. The quantitative estimate of drug-likeness (QED) is 0.450. The maximum atomic E-state index is 12.1. The van der Waals surface area contributed by atoms with Crippen LogP contribution in [0.3, 0.4) is 0 Å². The zero-order chi connectivity index (χ0) is 14.5. The lowest BCUT2D eigenvalue weighted by atomic mass is 9.90. The zero-order valence-corrected chi connectivity index (χ0v) is 11.2. The Balaban J connectivity index is 2.85. The summed E-state index contributed by atoms with van der Waals surface area (Å²) in [5.74, 6) is -1.16. The van der Waals surface area contributed by atoms with Gasteiger partial charge in [-0.3, -0.25) is 19.7 Å². The first-order chi connectivity index (χ1) is 8.92. The Kier molecular flexibility index (Phi) is 4.80. The van der Waals surface area contributed by atoms with Gasteiger partial charge in [-0.25, -0.2) is 0 Å². The van der Waals surface area contributed by atoms with Crippen molar-refractivity contribution in [2.75, 3.05) is 0 Å². The standard InChI is InChI=1S/C14H18N2O3/c1-4-6-10(7-5-2)12(18)16-14(3)9-8-11(17)15-13(14)19/h4-7H,1,8-9H2,2-3H3,(H,16,18)(H,15,17,19)/b7-5?,10-6+. The Morgan fingerprint density at radius 1 is 1.47 bits per heavy atom. The molecule has 1 fully saturated rings. The van der Waals surface area contributed by atoms with Crippen molar-refractivity contribution in [1.29, 1.82) is 0 Å². The van der Waals surface area contributed by atoms with Crippen LogP contribution in [0.4, 0.5) is 0 Å². The fourth-order valence-corrected chi connectivity index (χ4v) is 1.76. The van der Waals surface area contributed by atoms with E-state index in [1.165, 1.54) is 6.08 Å². The molecule has 0 aromatic rings. The first-order valence-corrected chi connectivity index (χ1v) is 6.05. The normalized spacial score (nSPS) is 24.2. The van der Waals surface area contributed by atoms with Crippen molar-refractivity contribution in [2.45, 2.75) is 32.2 Å². The molecule has 0 bridgehead atoms. The fourth-order valence-electron chi connectivity index (χ4n) is 1.76. The van der Waals surface area contributed by atoms with Gasteiger partial charge >= 0.3 is 0 Å². The van der Waals surface area contributed by atoms with Gasteiger partial charge in [-0.2, -0.15) is 0 Å². The smallest absolute Gasteiger partial charge is 0.252 e. The fraction of sp³-hybridized carbons (Fsp3) is 0.357. The van der Waals surface area contributed by atoms with Crippen LogP contribution in [0.1, 0.15) is 26.7 Å². The number of rotatable bonds is 4. The van der Waals surface area contributed by atoms with Gasteiger partial charge in [0.25, 0.3) is 11.8 Å². The van der Waals surface area contributed by atoms with E-state index >= 15 is 0 Å². The van der Waals surface area contributed by atoms with Gasteiger partial charge < -0.3 is 5.32 Å². The van der Waals surface area contributed by atoms with Crippen LogP contribution in [-0.4, -0.2) is 23.3 Å². The maximum Gasteiger partial charge on any atom is 0.252 e. The molecule has 2 N–H and O–H groups in total. The second-order valence-corrected chi connectivity index (χ2v) is 4.52. The highest BCUT2D eigenvalue weighted by atomic mass is 16.2. The summed E-state index contributed by atoms with van der Waals surface area (Å²) < 4.78 is 0. The molecular formula is C14H18N2O3. The number of carbonyl (C=O) groups is 3. The molecule has 19 heavy (non-hydrogen) atoms. The molecule has 0 aromatic carbocycles. The van der Waals surface area contributed by atoms with E-state index in [2.05, 4.69) is 17.2 Å². The summed E-state index contributed by atoms with van der Waals surface area (Å²) in [6, 6.07) is 0. The van der Waals surface area contributed by atoms with Crippen LogP contribution >= 0.6 is 0 Å². The second kappa shape index (κ2) is 6.13. The number of piperidine rings is 1. The first kappa shape index (κ1) is 14.9. The molecule has 0 radical (unpaired) electrons. The number of nitrogens with one attached hydrogen (secondary N) is 2. The highest BCUT2D eigenvalue weighted by Gasteiger charge is 2.39. The third kappa shape index (κ3) is 3.64. The first-order valence-electron chi connectivity index (χ1n) is 6.05. The number of carbonyl (C=O) groups excluding carboxylic acids is 3. The molecule has 1 aliphatic rings. The Morgan fingerprint density at radius 3 is 2.68 bits per heavy atom. The monoisotopic (exact) mass is 262 g/mol. The third-order valence-corrected chi connectivity index (χ3v) is 2.90. The van der Waals surface area contributed by atoms with Crippen LogP contribution < -0.4 is 10.6 Å². The van der Waals surface area contributed by atoms with Crippen molar-refractivity contribution in [2.24, 2.45) is 0 Å². The second-order valence-electron chi connectivity index (χ2n) is 4.52. The summed E-state index contributed by atoms with van der Waals surface area (Å²) in [5.41, 5.74) is -0.657. The van der Waals surface area contributed by atoms with E-state index in [-0.39, 0.29) is 18.2 Å². The van der Waals surface area contributed by atoms with Crippen LogP contribution in [0.15, 0.2) is 36.5 Å². The minimum atomic E-state index is -1.06. The predicted molar refractivity (Wildman–Crippen MR) is 72.0 cm³/mol. The molecule has 0 aliphatic carbocycles. The van der Waals surface area contributed by atoms with Crippen molar-refractivity contribution in [3.63, 3.8) is 0 Å². The Morgan fingerprint density at radius 2 is 2.16 bits per heavy atom. The summed E-state index contributed by atoms with van der Waals surface area (Å²) in [7, 11) is 0. The Labute approximate surface area is 112 Å². The molecule has 1 rings (SSSR count). The van der Waals surface area contributed by atoms with E-state index in [1.807, 2.05) is 0 Å². The van der Waals surface area contributed by atoms with Crippen molar-refractivity contribution < 1.29 is 14.4 Å². The minimum Gasteiger partial charge on any atom is -0.338 e. The van der Waals surface area contributed by atoms with Crippen LogP contribution in [0.2, 0.25) is 0 Å². The van der Waals surface area contributed by atoms with Crippen molar-refractivity contribution >= 4 is 17.7 Å². The predicted octanol–water partition coefficient (Wildman–Crippen LogP) is 0.986. The van der Waals surface area contributed by atoms with Gasteiger partial charge in [-0.05, 0) is 20.3 Å². The molecule has 1 heterocycles. The third-order valence-electron chi connectivity index (χ3n) is 2.90. The molecular weight excluding hydrogens is 244 g/mol. The van der Waals surface area contributed by atoms with E-state index in [9.17, 15) is 14.4 Å². The molecule has 1 saturated heterocycles. The minimum absolute atomic E-state index is 0.215. The van der Waals surface area contributed by atoms with Crippen LogP contribution in [-0.2, 0) is 14.4 Å². The average Bonchev–Trinajstić information content (AvgIpc) is 2.34.